The van der Waals surface area contributed by atoms with Gasteiger partial charge in [-0.25, -0.2) is 0 Å². The number of anilines is 2. The van der Waals surface area contributed by atoms with Gasteiger partial charge in [-0.05, 0) is 24.3 Å². The normalized spacial score (nSPS) is 16.2. The number of hydrogen-bond donors (Lipinski definition) is 2. The van der Waals surface area contributed by atoms with Crippen LogP contribution in [-0.4, -0.2) is 48.6 Å². The van der Waals surface area contributed by atoms with E-state index in [1.54, 1.807) is 19.2 Å². The van der Waals surface area contributed by atoms with Crippen LogP contribution in [0.15, 0.2) is 42.5 Å². The average molecular weight is 342 g/mol. The lowest BCUT2D eigenvalue weighted by molar-refractivity contribution is -0.0807. The van der Waals surface area contributed by atoms with Crippen molar-refractivity contribution < 1.29 is 14.3 Å². The van der Waals surface area contributed by atoms with Crippen molar-refractivity contribution in [3.8, 4) is 0 Å². The molecule has 1 aromatic heterocycles. The number of hydrogen-bond acceptors (Lipinski definition) is 6. The topological polar surface area (TPSA) is 85.4 Å². The number of carbonyl (C=O) groups is 1. The molecule has 1 amide bonds. The first-order chi connectivity index (χ1) is 12.2. The van der Waals surface area contributed by atoms with Crippen molar-refractivity contribution in [1.82, 2.24) is 10.2 Å². The highest BCUT2D eigenvalue weighted by Gasteiger charge is 2.32. The molecule has 0 atom stereocenters. The Labute approximate surface area is 146 Å². The fourth-order valence-corrected chi connectivity index (χ4v) is 2.71. The van der Waals surface area contributed by atoms with E-state index < -0.39 is 0 Å². The summed E-state index contributed by atoms with van der Waals surface area (Å²) in [6.45, 7) is 2.01. The van der Waals surface area contributed by atoms with Crippen LogP contribution in [0.4, 0.5) is 11.5 Å². The molecule has 7 nitrogen and oxygen atoms in total. The van der Waals surface area contributed by atoms with E-state index in [0.717, 1.165) is 18.5 Å². The molecule has 2 aromatic rings. The van der Waals surface area contributed by atoms with Gasteiger partial charge in [0.25, 0.3) is 5.91 Å². The van der Waals surface area contributed by atoms with Crippen molar-refractivity contribution in [2.24, 2.45) is 0 Å². The lowest BCUT2D eigenvalue weighted by Crippen LogP contribution is -2.44. The molecule has 1 aliphatic rings. The van der Waals surface area contributed by atoms with Crippen LogP contribution in [0, 0.1) is 0 Å². The third kappa shape index (κ3) is 4.52. The number of benzene rings is 1. The lowest BCUT2D eigenvalue weighted by Gasteiger charge is -2.36. The zero-order valence-electron chi connectivity index (χ0n) is 14.2. The summed E-state index contributed by atoms with van der Waals surface area (Å²) in [5.41, 5.74) is 0.739. The van der Waals surface area contributed by atoms with Gasteiger partial charge in [0.1, 0.15) is 5.82 Å². The molecule has 0 spiro atoms. The number of para-hydroxylation sites is 1. The SMILES string of the molecule is COC1(CNc2ccc(C(=O)Nc3ccccc3)nn2)CCOCC1. The molecule has 7 heteroatoms. The lowest BCUT2D eigenvalue weighted by atomic mass is 9.94. The largest absolute Gasteiger partial charge is 0.381 e. The first-order valence-corrected chi connectivity index (χ1v) is 8.28. The Hall–Kier alpha value is -2.51. The van der Waals surface area contributed by atoms with E-state index in [1.165, 1.54) is 0 Å². The molecule has 2 heterocycles. The second-order valence-corrected chi connectivity index (χ2v) is 5.98. The monoisotopic (exact) mass is 342 g/mol. The summed E-state index contributed by atoms with van der Waals surface area (Å²) in [6, 6.07) is 12.6. The van der Waals surface area contributed by atoms with E-state index >= 15 is 0 Å². The van der Waals surface area contributed by atoms with Crippen LogP contribution in [0.5, 0.6) is 0 Å². The molecule has 25 heavy (non-hydrogen) atoms. The Morgan fingerprint density at radius 2 is 1.92 bits per heavy atom. The van der Waals surface area contributed by atoms with Crippen LogP contribution in [0.1, 0.15) is 23.3 Å². The van der Waals surface area contributed by atoms with Gasteiger partial charge in [0.15, 0.2) is 5.69 Å². The second-order valence-electron chi connectivity index (χ2n) is 5.98. The molecule has 132 valence electrons. The molecule has 1 aliphatic heterocycles. The number of rotatable bonds is 6. The van der Waals surface area contributed by atoms with Crippen molar-refractivity contribution in [2.45, 2.75) is 18.4 Å². The van der Waals surface area contributed by atoms with Crippen molar-refractivity contribution in [3.05, 3.63) is 48.2 Å². The molecule has 1 saturated heterocycles. The average Bonchev–Trinajstić information content (AvgIpc) is 2.68. The van der Waals surface area contributed by atoms with E-state index in [-0.39, 0.29) is 17.2 Å². The van der Waals surface area contributed by atoms with Crippen LogP contribution >= 0.6 is 0 Å². The molecule has 1 fully saturated rings. The number of ether oxygens (including phenoxy) is 2. The van der Waals surface area contributed by atoms with Crippen molar-refractivity contribution in [3.63, 3.8) is 0 Å². The zero-order valence-corrected chi connectivity index (χ0v) is 14.2. The highest BCUT2D eigenvalue weighted by molar-refractivity contribution is 6.02. The van der Waals surface area contributed by atoms with Crippen molar-refractivity contribution in [1.29, 1.82) is 0 Å². The Bertz CT molecular complexity index is 685. The third-order valence-corrected chi connectivity index (χ3v) is 4.36. The summed E-state index contributed by atoms with van der Waals surface area (Å²) < 4.78 is 11.1. The van der Waals surface area contributed by atoms with E-state index in [2.05, 4.69) is 20.8 Å². The minimum absolute atomic E-state index is 0.247. The number of carbonyl (C=O) groups excluding carboxylic acids is 1. The quantitative estimate of drug-likeness (QED) is 0.838. The van der Waals surface area contributed by atoms with Crippen LogP contribution in [0.25, 0.3) is 0 Å². The van der Waals surface area contributed by atoms with Gasteiger partial charge in [0.2, 0.25) is 0 Å². The Balaban J connectivity index is 1.57. The van der Waals surface area contributed by atoms with Crippen LogP contribution in [0.3, 0.4) is 0 Å². The van der Waals surface area contributed by atoms with Gasteiger partial charge < -0.3 is 20.1 Å². The summed E-state index contributed by atoms with van der Waals surface area (Å²) in [5, 5.41) is 14.1. The first kappa shape index (κ1) is 17.3. The Morgan fingerprint density at radius 3 is 2.56 bits per heavy atom. The predicted octanol–water partition coefficient (Wildman–Crippen LogP) is 2.34. The van der Waals surface area contributed by atoms with Crippen LogP contribution < -0.4 is 10.6 Å². The van der Waals surface area contributed by atoms with E-state index in [0.29, 0.717) is 25.6 Å². The number of amides is 1. The predicted molar refractivity (Wildman–Crippen MR) is 94.7 cm³/mol. The van der Waals surface area contributed by atoms with Crippen LogP contribution in [-0.2, 0) is 9.47 Å². The second kappa shape index (κ2) is 8.04. The number of nitrogens with zero attached hydrogens (tertiary/aromatic N) is 2. The highest BCUT2D eigenvalue weighted by atomic mass is 16.5. The summed E-state index contributed by atoms with van der Waals surface area (Å²) in [7, 11) is 1.72. The van der Waals surface area contributed by atoms with E-state index in [1.807, 2.05) is 30.3 Å². The number of methoxy groups -OCH3 is 1. The Morgan fingerprint density at radius 1 is 1.16 bits per heavy atom. The minimum Gasteiger partial charge on any atom is -0.381 e. The molecule has 0 aliphatic carbocycles. The van der Waals surface area contributed by atoms with Gasteiger partial charge >= 0.3 is 0 Å². The smallest absolute Gasteiger partial charge is 0.276 e. The molecule has 0 saturated carbocycles. The van der Waals surface area contributed by atoms with Crippen molar-refractivity contribution in [2.75, 3.05) is 37.5 Å². The molecular formula is C18H22N4O3. The van der Waals surface area contributed by atoms with Gasteiger partial charge in [0.05, 0.1) is 5.60 Å². The molecule has 0 unspecified atom stereocenters. The van der Waals surface area contributed by atoms with E-state index in [4.69, 9.17) is 9.47 Å². The van der Waals surface area contributed by atoms with Gasteiger partial charge in [-0.2, -0.15) is 0 Å². The summed E-state index contributed by atoms with van der Waals surface area (Å²) in [4.78, 5) is 12.2. The van der Waals surface area contributed by atoms with Crippen molar-refractivity contribution >= 4 is 17.4 Å². The first-order valence-electron chi connectivity index (χ1n) is 8.28. The maximum absolute atomic E-state index is 12.2. The molecule has 3 rings (SSSR count). The molecule has 0 bridgehead atoms. The molecule has 2 N–H and O–H groups in total. The summed E-state index contributed by atoms with van der Waals surface area (Å²) in [5.74, 6) is 0.321. The molecule has 1 aromatic carbocycles. The summed E-state index contributed by atoms with van der Waals surface area (Å²) >= 11 is 0. The maximum atomic E-state index is 12.2. The van der Waals surface area contributed by atoms with Gasteiger partial charge in [-0.15, -0.1) is 10.2 Å². The third-order valence-electron chi connectivity index (χ3n) is 4.36. The van der Waals surface area contributed by atoms with Gasteiger partial charge in [0, 0.05) is 45.4 Å². The molecule has 0 radical (unpaired) electrons. The molecular weight excluding hydrogens is 320 g/mol. The van der Waals surface area contributed by atoms with Gasteiger partial charge in [-0.3, -0.25) is 4.79 Å². The zero-order chi connectivity index (χ0) is 17.5. The fraction of sp³-hybridized carbons (Fsp3) is 0.389. The highest BCUT2D eigenvalue weighted by Crippen LogP contribution is 2.24. The van der Waals surface area contributed by atoms with Crippen LogP contribution in [0.2, 0.25) is 0 Å². The fourth-order valence-electron chi connectivity index (χ4n) is 2.71. The maximum Gasteiger partial charge on any atom is 0.276 e. The Kier molecular flexibility index (Phi) is 5.57. The van der Waals surface area contributed by atoms with E-state index in [9.17, 15) is 4.79 Å². The minimum atomic E-state index is -0.289. The summed E-state index contributed by atoms with van der Waals surface area (Å²) in [6.07, 6.45) is 1.67. The number of aromatic nitrogens is 2. The standard InChI is InChI=1S/C18H22N4O3/c1-24-18(9-11-25-12-10-18)13-19-16-8-7-15(21-22-16)17(23)20-14-5-3-2-4-6-14/h2-8H,9-13H2,1H3,(H,19,22)(H,20,23). The number of nitrogens with one attached hydrogen (secondary N) is 2. The van der Waals surface area contributed by atoms with Gasteiger partial charge in [-0.1, -0.05) is 18.2 Å².